The van der Waals surface area contributed by atoms with E-state index >= 15 is 0 Å². The predicted octanol–water partition coefficient (Wildman–Crippen LogP) is 2.99. The number of nitrogen functional groups attached to an aromatic ring is 1. The van der Waals surface area contributed by atoms with Crippen LogP contribution in [0, 0.1) is 0 Å². The minimum atomic E-state index is -1.52. The summed E-state index contributed by atoms with van der Waals surface area (Å²) < 4.78 is 0. The third-order valence-electron chi connectivity index (χ3n) is 3.78. The minimum absolute atomic E-state index is 0.245. The Morgan fingerprint density at radius 1 is 1.22 bits per heavy atom. The first-order valence-corrected chi connectivity index (χ1v) is 7.50. The van der Waals surface area contributed by atoms with Crippen LogP contribution < -0.4 is 5.73 Å². The normalized spacial score (nSPS) is 20.5. The van der Waals surface area contributed by atoms with Crippen LogP contribution in [0.1, 0.15) is 29.3 Å². The van der Waals surface area contributed by atoms with Gasteiger partial charge < -0.3 is 10.8 Å². The summed E-state index contributed by atoms with van der Waals surface area (Å²) in [5.74, 6) is -0.390. The molecule has 0 unspecified atom stereocenters. The second-order valence-electron chi connectivity index (χ2n) is 5.57. The lowest BCUT2D eigenvalue weighted by Crippen LogP contribution is -2.43. The van der Waals surface area contributed by atoms with Crippen molar-refractivity contribution >= 4 is 28.9 Å². The standard InChI is InChI=1S/C17H16ClN3O2/c1-11-10-17(23,13-4-6-14(18)7-5-13)21(20-11)16(22)12-2-8-15(19)9-3-12/h2-9,23H,10,19H2,1H3/t17-/m1/s1. The van der Waals surface area contributed by atoms with Crippen LogP contribution in [0.2, 0.25) is 5.02 Å². The van der Waals surface area contributed by atoms with Gasteiger partial charge in [-0.15, -0.1) is 0 Å². The molecule has 2 aromatic carbocycles. The number of nitrogens with two attached hydrogens (primary N) is 1. The summed E-state index contributed by atoms with van der Waals surface area (Å²) in [6, 6.07) is 13.2. The van der Waals surface area contributed by atoms with Crippen LogP contribution in [0.4, 0.5) is 5.69 Å². The monoisotopic (exact) mass is 329 g/mol. The summed E-state index contributed by atoms with van der Waals surface area (Å²) in [4.78, 5) is 12.8. The summed E-state index contributed by atoms with van der Waals surface area (Å²) in [5.41, 5.74) is 6.33. The van der Waals surface area contributed by atoms with Crippen LogP contribution in [-0.4, -0.2) is 21.7 Å². The van der Waals surface area contributed by atoms with Crippen molar-refractivity contribution < 1.29 is 9.90 Å². The number of benzene rings is 2. The van der Waals surface area contributed by atoms with E-state index < -0.39 is 5.72 Å². The first-order chi connectivity index (χ1) is 10.9. The number of carbonyl (C=O) groups excluding carboxylic acids is 1. The first-order valence-electron chi connectivity index (χ1n) is 7.13. The Bertz CT molecular complexity index is 771. The van der Waals surface area contributed by atoms with Crippen LogP contribution in [0.15, 0.2) is 53.6 Å². The van der Waals surface area contributed by atoms with E-state index in [0.29, 0.717) is 27.5 Å². The lowest BCUT2D eigenvalue weighted by molar-refractivity contribution is -0.0765. The first kappa shape index (κ1) is 15.5. The smallest absolute Gasteiger partial charge is 0.276 e. The Balaban J connectivity index is 1.99. The van der Waals surface area contributed by atoms with Gasteiger partial charge >= 0.3 is 0 Å². The number of aliphatic hydroxyl groups is 1. The Morgan fingerprint density at radius 2 is 1.83 bits per heavy atom. The maximum absolute atomic E-state index is 12.8. The zero-order chi connectivity index (χ0) is 16.6. The van der Waals surface area contributed by atoms with Gasteiger partial charge in [0, 0.05) is 34.0 Å². The highest BCUT2D eigenvalue weighted by molar-refractivity contribution is 6.30. The summed E-state index contributed by atoms with van der Waals surface area (Å²) in [7, 11) is 0. The van der Waals surface area contributed by atoms with Gasteiger partial charge in [-0.2, -0.15) is 10.1 Å². The van der Waals surface area contributed by atoms with Gasteiger partial charge in [0.1, 0.15) is 0 Å². The lowest BCUT2D eigenvalue weighted by atomic mass is 9.97. The molecule has 3 rings (SSSR count). The number of hydrogen-bond acceptors (Lipinski definition) is 4. The molecule has 5 nitrogen and oxygen atoms in total. The molecule has 0 aromatic heterocycles. The number of anilines is 1. The predicted molar refractivity (Wildman–Crippen MR) is 90.1 cm³/mol. The molecule has 0 saturated heterocycles. The van der Waals surface area contributed by atoms with Crippen molar-refractivity contribution in [3.63, 3.8) is 0 Å². The summed E-state index contributed by atoms with van der Waals surface area (Å²) >= 11 is 5.90. The Morgan fingerprint density at radius 3 is 2.43 bits per heavy atom. The van der Waals surface area contributed by atoms with Crippen LogP contribution in [0.25, 0.3) is 0 Å². The lowest BCUT2D eigenvalue weighted by Gasteiger charge is -2.31. The topological polar surface area (TPSA) is 78.9 Å². The summed E-state index contributed by atoms with van der Waals surface area (Å²) in [6.45, 7) is 1.77. The molecular formula is C17H16ClN3O2. The highest BCUT2D eigenvalue weighted by atomic mass is 35.5. The van der Waals surface area contributed by atoms with E-state index in [-0.39, 0.29) is 12.3 Å². The quantitative estimate of drug-likeness (QED) is 0.831. The van der Waals surface area contributed by atoms with Crippen molar-refractivity contribution in [2.24, 2.45) is 5.10 Å². The largest absolute Gasteiger partial charge is 0.399 e. The third kappa shape index (κ3) is 2.81. The van der Waals surface area contributed by atoms with Crippen LogP contribution >= 0.6 is 11.6 Å². The third-order valence-corrected chi connectivity index (χ3v) is 4.03. The molecule has 0 saturated carbocycles. The van der Waals surface area contributed by atoms with Crippen molar-refractivity contribution in [1.82, 2.24) is 5.01 Å². The molecule has 1 atom stereocenters. The molecule has 1 heterocycles. The summed E-state index contributed by atoms with van der Waals surface area (Å²) in [6.07, 6.45) is 0.245. The van der Waals surface area contributed by atoms with Crippen LogP contribution in [0.3, 0.4) is 0 Å². The molecule has 3 N–H and O–H groups in total. The van der Waals surface area contributed by atoms with Crippen molar-refractivity contribution in [3.8, 4) is 0 Å². The maximum Gasteiger partial charge on any atom is 0.276 e. The van der Waals surface area contributed by atoms with E-state index in [4.69, 9.17) is 17.3 Å². The molecule has 6 heteroatoms. The van der Waals surface area contributed by atoms with Crippen LogP contribution in [0.5, 0.6) is 0 Å². The van der Waals surface area contributed by atoms with Gasteiger partial charge in [0.2, 0.25) is 0 Å². The summed E-state index contributed by atoms with van der Waals surface area (Å²) in [5, 5.41) is 17.0. The Labute approximate surface area is 139 Å². The highest BCUT2D eigenvalue weighted by Gasteiger charge is 2.45. The SMILES string of the molecule is CC1=NN(C(=O)c2ccc(N)cc2)[C@](O)(c2ccc(Cl)cc2)C1. The van der Waals surface area contributed by atoms with Crippen LogP contribution in [-0.2, 0) is 5.72 Å². The minimum Gasteiger partial charge on any atom is -0.399 e. The fourth-order valence-electron chi connectivity index (χ4n) is 2.62. The fraction of sp³-hybridized carbons (Fsp3) is 0.176. The molecule has 2 aromatic rings. The molecule has 118 valence electrons. The molecule has 0 spiro atoms. The molecular weight excluding hydrogens is 314 g/mol. The highest BCUT2D eigenvalue weighted by Crippen LogP contribution is 2.36. The number of halogens is 1. The number of nitrogens with zero attached hydrogens (tertiary/aromatic N) is 2. The molecule has 23 heavy (non-hydrogen) atoms. The van der Waals surface area contributed by atoms with E-state index in [9.17, 15) is 9.90 Å². The maximum atomic E-state index is 12.8. The molecule has 0 fully saturated rings. The van der Waals surface area contributed by atoms with Gasteiger partial charge in [-0.3, -0.25) is 4.79 Å². The van der Waals surface area contributed by atoms with E-state index in [2.05, 4.69) is 5.10 Å². The van der Waals surface area contributed by atoms with Crippen molar-refractivity contribution in [1.29, 1.82) is 0 Å². The number of rotatable bonds is 2. The Hall–Kier alpha value is -2.37. The van der Waals surface area contributed by atoms with E-state index in [1.165, 1.54) is 0 Å². The number of hydrazone groups is 1. The van der Waals surface area contributed by atoms with Crippen molar-refractivity contribution in [2.75, 3.05) is 5.73 Å². The molecule has 0 radical (unpaired) electrons. The number of carbonyl (C=O) groups is 1. The van der Waals surface area contributed by atoms with E-state index in [1.807, 2.05) is 0 Å². The molecule has 0 aliphatic carbocycles. The molecule has 1 aliphatic heterocycles. The average Bonchev–Trinajstić information content (AvgIpc) is 2.84. The van der Waals surface area contributed by atoms with E-state index in [0.717, 1.165) is 5.01 Å². The van der Waals surface area contributed by atoms with Gasteiger partial charge in [-0.25, -0.2) is 0 Å². The van der Waals surface area contributed by atoms with E-state index in [1.54, 1.807) is 55.5 Å². The van der Waals surface area contributed by atoms with Crippen molar-refractivity contribution in [2.45, 2.75) is 19.1 Å². The molecule has 1 aliphatic rings. The molecule has 0 bridgehead atoms. The number of amides is 1. The average molecular weight is 330 g/mol. The Kier molecular flexibility index (Phi) is 3.83. The fourth-order valence-corrected chi connectivity index (χ4v) is 2.75. The zero-order valence-corrected chi connectivity index (χ0v) is 13.3. The van der Waals surface area contributed by atoms with Gasteiger partial charge in [0.15, 0.2) is 5.72 Å². The van der Waals surface area contributed by atoms with Crippen molar-refractivity contribution in [3.05, 3.63) is 64.7 Å². The molecule has 1 amide bonds. The van der Waals surface area contributed by atoms with Gasteiger partial charge in [0.25, 0.3) is 5.91 Å². The van der Waals surface area contributed by atoms with Gasteiger partial charge in [-0.1, -0.05) is 23.7 Å². The van der Waals surface area contributed by atoms with Gasteiger partial charge in [0.05, 0.1) is 0 Å². The van der Waals surface area contributed by atoms with Gasteiger partial charge in [-0.05, 0) is 43.3 Å². The second kappa shape index (κ2) is 5.68. The number of hydrogen-bond donors (Lipinski definition) is 2. The zero-order valence-electron chi connectivity index (χ0n) is 12.5. The second-order valence-corrected chi connectivity index (χ2v) is 6.01.